The monoisotopic (exact) mass is 477 g/mol. The molecule has 2 aliphatic heterocycles. The smallest absolute Gasteiger partial charge is 0.290 e. The Morgan fingerprint density at radius 1 is 1.09 bits per heavy atom. The summed E-state index contributed by atoms with van der Waals surface area (Å²) < 4.78 is 2.88. The Hall–Kier alpha value is -3.28. The molecule has 0 saturated carbocycles. The van der Waals surface area contributed by atoms with Crippen LogP contribution >= 0.6 is 23.1 Å². The zero-order chi connectivity index (χ0) is 22.5. The van der Waals surface area contributed by atoms with Gasteiger partial charge in [0.2, 0.25) is 0 Å². The van der Waals surface area contributed by atoms with E-state index >= 15 is 0 Å². The van der Waals surface area contributed by atoms with Gasteiger partial charge in [-0.2, -0.15) is 5.10 Å². The molecule has 2 fully saturated rings. The number of benzene rings is 1. The number of imide groups is 1. The van der Waals surface area contributed by atoms with E-state index in [0.717, 1.165) is 64.5 Å². The molecule has 0 unspecified atom stereocenters. The van der Waals surface area contributed by atoms with Crippen molar-refractivity contribution >= 4 is 61.3 Å². The topological polar surface area (TPSA) is 95.7 Å². The Morgan fingerprint density at radius 3 is 2.73 bits per heavy atom. The zero-order valence-electron chi connectivity index (χ0n) is 17.7. The molecule has 1 N–H and O–H groups in total. The number of piperazine rings is 1. The number of anilines is 1. The first-order chi connectivity index (χ1) is 16.0. The van der Waals surface area contributed by atoms with Crippen LogP contribution in [-0.2, 0) is 4.79 Å². The quantitative estimate of drug-likeness (QED) is 0.450. The Morgan fingerprint density at radius 2 is 1.94 bits per heavy atom. The van der Waals surface area contributed by atoms with Crippen molar-refractivity contribution in [3.05, 3.63) is 47.1 Å². The lowest BCUT2D eigenvalue weighted by atomic mass is 10.1. The molecule has 166 valence electrons. The number of likely N-dealkylation sites (N-methyl/N-ethyl adjacent to an activating group) is 1. The van der Waals surface area contributed by atoms with E-state index in [0.29, 0.717) is 16.2 Å². The van der Waals surface area contributed by atoms with Gasteiger partial charge in [0, 0.05) is 31.7 Å². The second-order valence-corrected chi connectivity index (χ2v) is 10.0. The summed E-state index contributed by atoms with van der Waals surface area (Å²) in [6.07, 6.45) is 3.41. The molecule has 0 spiro atoms. The third-order valence-corrected chi connectivity index (χ3v) is 7.64. The van der Waals surface area contributed by atoms with Gasteiger partial charge in [0.1, 0.15) is 0 Å². The number of nitrogens with one attached hydrogen (secondary N) is 1. The maximum atomic E-state index is 11.9. The summed E-state index contributed by atoms with van der Waals surface area (Å²) in [4.78, 5) is 37.6. The number of nitrogens with zero attached hydrogens (tertiary/aromatic N) is 6. The first-order valence-corrected chi connectivity index (χ1v) is 12.1. The molecular weight excluding hydrogens is 458 g/mol. The Bertz CT molecular complexity index is 1450. The highest BCUT2D eigenvalue weighted by Gasteiger charge is 2.25. The zero-order valence-corrected chi connectivity index (χ0v) is 19.3. The fourth-order valence-corrected chi connectivity index (χ4v) is 5.64. The molecule has 1 aromatic carbocycles. The van der Waals surface area contributed by atoms with Gasteiger partial charge in [-0.05, 0) is 49.2 Å². The number of rotatable bonds is 3. The van der Waals surface area contributed by atoms with Crippen LogP contribution < -0.4 is 10.2 Å². The van der Waals surface area contributed by atoms with E-state index in [1.807, 2.05) is 18.2 Å². The van der Waals surface area contributed by atoms with Gasteiger partial charge in [-0.3, -0.25) is 14.9 Å². The van der Waals surface area contributed by atoms with Crippen LogP contribution in [0.15, 0.2) is 41.4 Å². The first kappa shape index (κ1) is 20.3. The number of thiazole rings is 1. The van der Waals surface area contributed by atoms with E-state index < -0.39 is 5.91 Å². The van der Waals surface area contributed by atoms with Crippen LogP contribution in [0.4, 0.5) is 9.93 Å². The molecule has 6 rings (SSSR count). The fraction of sp³-hybridized carbons (Fsp3) is 0.227. The molecule has 0 radical (unpaired) electrons. The molecule has 2 aliphatic rings. The molecule has 5 heterocycles. The number of fused-ring (bicyclic) bond motifs is 2. The van der Waals surface area contributed by atoms with Crippen LogP contribution in [0.1, 0.15) is 5.69 Å². The van der Waals surface area contributed by atoms with Crippen molar-refractivity contribution in [2.45, 2.75) is 0 Å². The maximum Gasteiger partial charge on any atom is 0.290 e. The third kappa shape index (κ3) is 3.77. The lowest BCUT2D eigenvalue weighted by Crippen LogP contribution is -2.44. The number of hydrogen-bond acceptors (Lipinski definition) is 9. The number of imidazole rings is 1. The fourth-order valence-electron chi connectivity index (χ4n) is 3.92. The number of hydrogen-bond donors (Lipinski definition) is 1. The predicted molar refractivity (Wildman–Crippen MR) is 130 cm³/mol. The van der Waals surface area contributed by atoms with Gasteiger partial charge < -0.3 is 9.80 Å². The lowest BCUT2D eigenvalue weighted by molar-refractivity contribution is -0.115. The highest BCUT2D eigenvalue weighted by Crippen LogP contribution is 2.33. The van der Waals surface area contributed by atoms with Gasteiger partial charge in [-0.15, -0.1) is 0 Å². The summed E-state index contributed by atoms with van der Waals surface area (Å²) in [6, 6.07) is 9.83. The van der Waals surface area contributed by atoms with Crippen LogP contribution in [-0.4, -0.2) is 68.9 Å². The predicted octanol–water partition coefficient (Wildman–Crippen LogP) is 3.08. The Kier molecular flexibility index (Phi) is 4.89. The van der Waals surface area contributed by atoms with E-state index in [1.54, 1.807) is 34.2 Å². The average molecular weight is 478 g/mol. The Labute approximate surface area is 197 Å². The van der Waals surface area contributed by atoms with Crippen LogP contribution in [0.3, 0.4) is 0 Å². The molecule has 2 saturated heterocycles. The molecule has 33 heavy (non-hydrogen) atoms. The van der Waals surface area contributed by atoms with E-state index in [2.05, 4.69) is 38.3 Å². The minimum absolute atomic E-state index is 0.330. The van der Waals surface area contributed by atoms with Gasteiger partial charge >= 0.3 is 0 Å². The number of aromatic nitrogens is 4. The lowest BCUT2D eigenvalue weighted by Gasteiger charge is -2.32. The van der Waals surface area contributed by atoms with Gasteiger partial charge in [0.15, 0.2) is 10.8 Å². The van der Waals surface area contributed by atoms with Crippen LogP contribution in [0.25, 0.3) is 33.2 Å². The van der Waals surface area contributed by atoms with Crippen molar-refractivity contribution in [3.63, 3.8) is 0 Å². The molecule has 0 atom stereocenters. The molecule has 0 aliphatic carbocycles. The standard InChI is InChI=1S/C22H19N7O2S2/c1-27-6-8-28(9-7-27)21-24-15-4-2-13(10-17(15)32-21)16-12-23-19-5-3-14(26-29(16)19)11-18-20(30)25-22(31)33-18/h2-5,10-12H,6-9H2,1H3,(H,25,30,31)/b18-11-. The first-order valence-electron chi connectivity index (χ1n) is 10.5. The van der Waals surface area contributed by atoms with Gasteiger partial charge in [-0.25, -0.2) is 14.5 Å². The van der Waals surface area contributed by atoms with E-state index in [-0.39, 0.29) is 5.24 Å². The number of amides is 2. The number of carbonyl (C=O) groups excluding carboxylic acids is 2. The second-order valence-electron chi connectivity index (χ2n) is 7.99. The van der Waals surface area contributed by atoms with Crippen molar-refractivity contribution in [1.29, 1.82) is 0 Å². The molecule has 4 aromatic rings. The summed E-state index contributed by atoms with van der Waals surface area (Å²) >= 11 is 2.58. The van der Waals surface area contributed by atoms with Gasteiger partial charge in [0.05, 0.1) is 32.7 Å². The van der Waals surface area contributed by atoms with Crippen molar-refractivity contribution in [2.75, 3.05) is 38.1 Å². The largest absolute Gasteiger partial charge is 0.345 e. The van der Waals surface area contributed by atoms with Gasteiger partial charge in [-0.1, -0.05) is 17.4 Å². The SMILES string of the molecule is CN1CCN(c2nc3ccc(-c4cnc5ccc(/C=C6\SC(=O)NC6=O)nn45)cc3s2)CC1. The molecule has 9 nitrogen and oxygen atoms in total. The second kappa shape index (κ2) is 7.94. The van der Waals surface area contributed by atoms with Crippen LogP contribution in [0.2, 0.25) is 0 Å². The van der Waals surface area contributed by atoms with Gasteiger partial charge in [0.25, 0.3) is 11.1 Å². The molecule has 0 bridgehead atoms. The van der Waals surface area contributed by atoms with E-state index in [4.69, 9.17) is 4.98 Å². The maximum absolute atomic E-state index is 11.9. The molecular formula is C22H19N7O2S2. The number of carbonyl (C=O) groups is 2. The van der Waals surface area contributed by atoms with Crippen molar-refractivity contribution in [1.82, 2.24) is 29.8 Å². The summed E-state index contributed by atoms with van der Waals surface area (Å²) in [5, 5.41) is 7.60. The molecule has 2 amide bonds. The summed E-state index contributed by atoms with van der Waals surface area (Å²) in [5.74, 6) is -0.399. The normalized spacial score (nSPS) is 18.7. The molecule has 3 aromatic heterocycles. The number of thioether (sulfide) groups is 1. The minimum atomic E-state index is -0.399. The Balaban J connectivity index is 1.35. The van der Waals surface area contributed by atoms with Crippen LogP contribution in [0.5, 0.6) is 0 Å². The van der Waals surface area contributed by atoms with Crippen LogP contribution in [0, 0.1) is 0 Å². The highest BCUT2D eigenvalue weighted by atomic mass is 32.2. The van der Waals surface area contributed by atoms with Crippen molar-refractivity contribution in [2.24, 2.45) is 0 Å². The van der Waals surface area contributed by atoms with E-state index in [9.17, 15) is 9.59 Å². The summed E-state index contributed by atoms with van der Waals surface area (Å²) in [6.45, 7) is 4.06. The summed E-state index contributed by atoms with van der Waals surface area (Å²) in [5.41, 5.74) is 4.10. The van der Waals surface area contributed by atoms with Crippen molar-refractivity contribution in [3.8, 4) is 11.3 Å². The minimum Gasteiger partial charge on any atom is -0.345 e. The van der Waals surface area contributed by atoms with Crippen molar-refractivity contribution < 1.29 is 9.59 Å². The summed E-state index contributed by atoms with van der Waals surface area (Å²) in [7, 11) is 2.15. The third-order valence-electron chi connectivity index (χ3n) is 5.75. The average Bonchev–Trinajstić information content (AvgIpc) is 3.50. The molecule has 11 heteroatoms. The van der Waals surface area contributed by atoms with E-state index in [1.165, 1.54) is 0 Å². The highest BCUT2D eigenvalue weighted by molar-refractivity contribution is 8.18.